The molecule has 0 bridgehead atoms. The van der Waals surface area contributed by atoms with Crippen LogP contribution in [-0.2, 0) is 9.53 Å². The number of esters is 1. The first-order chi connectivity index (χ1) is 7.52. The van der Waals surface area contributed by atoms with Crippen LogP contribution in [0.4, 0.5) is 0 Å². The molecule has 3 heteroatoms. The molecule has 1 N–H and O–H groups in total. The number of aliphatic hydroxyl groups excluding tert-OH is 1. The third-order valence-corrected chi connectivity index (χ3v) is 2.37. The molecule has 0 amide bonds. The van der Waals surface area contributed by atoms with E-state index in [0.29, 0.717) is 12.0 Å². The van der Waals surface area contributed by atoms with Crippen molar-refractivity contribution in [1.82, 2.24) is 0 Å². The zero-order valence-electron chi connectivity index (χ0n) is 10.8. The Hall–Kier alpha value is -0.830. The maximum atomic E-state index is 11.5. The molecule has 3 nitrogen and oxygen atoms in total. The van der Waals surface area contributed by atoms with E-state index in [4.69, 9.17) is 0 Å². The van der Waals surface area contributed by atoms with E-state index in [-0.39, 0.29) is 5.92 Å². The fourth-order valence-electron chi connectivity index (χ4n) is 1.54. The van der Waals surface area contributed by atoms with Crippen LogP contribution in [0.25, 0.3) is 0 Å². The minimum atomic E-state index is -0.693. The van der Waals surface area contributed by atoms with E-state index in [2.05, 4.69) is 11.7 Å². The molecule has 0 rings (SSSR count). The largest absolute Gasteiger partial charge is 0.466 e. The molecule has 0 aliphatic heterocycles. The first kappa shape index (κ1) is 15.2. The zero-order valence-corrected chi connectivity index (χ0v) is 10.8. The van der Waals surface area contributed by atoms with Gasteiger partial charge in [0.1, 0.15) is 0 Å². The molecule has 1 unspecified atom stereocenters. The van der Waals surface area contributed by atoms with Gasteiger partial charge in [-0.25, -0.2) is 4.79 Å². The third kappa shape index (κ3) is 5.91. The molecule has 0 spiro atoms. The average Bonchev–Trinajstić information content (AvgIpc) is 2.24. The topological polar surface area (TPSA) is 46.5 Å². The second kappa shape index (κ2) is 8.34. The Balaban J connectivity index is 4.45. The molecular weight excluding hydrogens is 204 g/mol. The van der Waals surface area contributed by atoms with E-state index in [1.165, 1.54) is 7.11 Å². The summed E-state index contributed by atoms with van der Waals surface area (Å²) in [6, 6.07) is 0. The smallest absolute Gasteiger partial charge is 0.336 e. The second-order valence-electron chi connectivity index (χ2n) is 4.37. The van der Waals surface area contributed by atoms with Gasteiger partial charge in [0, 0.05) is 0 Å². The Labute approximate surface area is 98.5 Å². The fourth-order valence-corrected chi connectivity index (χ4v) is 1.54. The van der Waals surface area contributed by atoms with E-state index in [0.717, 1.165) is 19.3 Å². The summed E-state index contributed by atoms with van der Waals surface area (Å²) in [5.41, 5.74) is 0.397. The first-order valence-electron chi connectivity index (χ1n) is 6.01. The molecule has 0 aromatic heterocycles. The molecule has 0 heterocycles. The van der Waals surface area contributed by atoms with Crippen molar-refractivity contribution in [1.29, 1.82) is 0 Å². The van der Waals surface area contributed by atoms with E-state index < -0.39 is 12.1 Å². The maximum absolute atomic E-state index is 11.5. The Morgan fingerprint density at radius 1 is 1.38 bits per heavy atom. The van der Waals surface area contributed by atoms with Crippen molar-refractivity contribution in [3.8, 4) is 0 Å². The Kier molecular flexibility index (Phi) is 7.90. The highest BCUT2D eigenvalue weighted by Crippen LogP contribution is 2.15. The van der Waals surface area contributed by atoms with E-state index in [9.17, 15) is 9.90 Å². The molecule has 94 valence electrons. The number of unbranched alkanes of at least 4 members (excludes halogenated alkanes) is 2. The number of carbonyl (C=O) groups excluding carboxylic acids is 1. The van der Waals surface area contributed by atoms with E-state index in [1.54, 1.807) is 6.08 Å². The van der Waals surface area contributed by atoms with Crippen LogP contribution in [0.1, 0.15) is 46.5 Å². The van der Waals surface area contributed by atoms with Crippen LogP contribution >= 0.6 is 0 Å². The van der Waals surface area contributed by atoms with Gasteiger partial charge in [0.2, 0.25) is 0 Å². The Bertz CT molecular complexity index is 231. The molecule has 0 fully saturated rings. The van der Waals surface area contributed by atoms with Gasteiger partial charge in [-0.15, -0.1) is 0 Å². The van der Waals surface area contributed by atoms with Gasteiger partial charge in [0.05, 0.1) is 18.8 Å². The van der Waals surface area contributed by atoms with Gasteiger partial charge < -0.3 is 9.84 Å². The number of methoxy groups -OCH3 is 1. The van der Waals surface area contributed by atoms with Gasteiger partial charge in [0.15, 0.2) is 0 Å². The lowest BCUT2D eigenvalue weighted by Crippen LogP contribution is -2.20. The molecule has 0 aromatic carbocycles. The Morgan fingerprint density at radius 3 is 2.44 bits per heavy atom. The van der Waals surface area contributed by atoms with E-state index in [1.807, 2.05) is 13.8 Å². The number of rotatable bonds is 7. The molecule has 0 saturated carbocycles. The normalized spacial score (nSPS) is 14.0. The molecule has 0 saturated heterocycles. The fraction of sp³-hybridized carbons (Fsp3) is 0.769. The molecule has 1 atom stereocenters. The molecular formula is C13H24O3. The van der Waals surface area contributed by atoms with Crippen LogP contribution in [0.2, 0.25) is 0 Å². The molecule has 0 aromatic rings. The molecule has 16 heavy (non-hydrogen) atoms. The number of carbonyl (C=O) groups is 1. The Morgan fingerprint density at radius 2 is 2.00 bits per heavy atom. The second-order valence-corrected chi connectivity index (χ2v) is 4.37. The SMILES string of the molecule is CCCCCC(O)/C(=C\C(C)C)C(=O)OC. The van der Waals surface area contributed by atoms with Crippen molar-refractivity contribution in [2.75, 3.05) is 7.11 Å². The van der Waals surface area contributed by atoms with Crippen molar-refractivity contribution in [2.45, 2.75) is 52.6 Å². The first-order valence-corrected chi connectivity index (χ1v) is 6.01. The summed E-state index contributed by atoms with van der Waals surface area (Å²) in [6.45, 7) is 6.06. The lowest BCUT2D eigenvalue weighted by atomic mass is 10.00. The average molecular weight is 228 g/mol. The van der Waals surface area contributed by atoms with Gasteiger partial charge in [0.25, 0.3) is 0 Å². The van der Waals surface area contributed by atoms with Gasteiger partial charge in [-0.05, 0) is 12.3 Å². The lowest BCUT2D eigenvalue weighted by molar-refractivity contribution is -0.137. The number of ether oxygens (including phenoxy) is 1. The van der Waals surface area contributed by atoms with Gasteiger partial charge >= 0.3 is 5.97 Å². The zero-order chi connectivity index (χ0) is 12.6. The van der Waals surface area contributed by atoms with Crippen LogP contribution in [0.3, 0.4) is 0 Å². The van der Waals surface area contributed by atoms with Gasteiger partial charge in [-0.3, -0.25) is 0 Å². The quantitative estimate of drug-likeness (QED) is 0.414. The van der Waals surface area contributed by atoms with Crippen molar-refractivity contribution in [2.24, 2.45) is 5.92 Å². The number of hydrogen-bond acceptors (Lipinski definition) is 3. The van der Waals surface area contributed by atoms with Crippen LogP contribution in [0, 0.1) is 5.92 Å². The number of hydrogen-bond donors (Lipinski definition) is 1. The minimum Gasteiger partial charge on any atom is -0.466 e. The van der Waals surface area contributed by atoms with Crippen LogP contribution in [0.15, 0.2) is 11.6 Å². The molecule has 0 aliphatic carbocycles. The summed E-state index contributed by atoms with van der Waals surface area (Å²) in [7, 11) is 1.34. The number of aliphatic hydroxyl groups is 1. The highest BCUT2D eigenvalue weighted by Gasteiger charge is 2.19. The van der Waals surface area contributed by atoms with Crippen LogP contribution in [0.5, 0.6) is 0 Å². The van der Waals surface area contributed by atoms with Crippen molar-refractivity contribution in [3.63, 3.8) is 0 Å². The van der Waals surface area contributed by atoms with Gasteiger partial charge in [-0.2, -0.15) is 0 Å². The summed E-state index contributed by atoms with van der Waals surface area (Å²) in [4.78, 5) is 11.5. The van der Waals surface area contributed by atoms with Crippen molar-refractivity contribution >= 4 is 5.97 Å². The summed E-state index contributed by atoms with van der Waals surface area (Å²) >= 11 is 0. The van der Waals surface area contributed by atoms with Crippen LogP contribution < -0.4 is 0 Å². The van der Waals surface area contributed by atoms with Crippen LogP contribution in [-0.4, -0.2) is 24.3 Å². The predicted molar refractivity (Wildman–Crippen MR) is 65.1 cm³/mol. The highest BCUT2D eigenvalue weighted by molar-refractivity contribution is 5.89. The standard InChI is InChI=1S/C13H24O3/c1-5-6-7-8-12(14)11(9-10(2)3)13(15)16-4/h9-10,12,14H,5-8H2,1-4H3/b11-9+. The summed E-state index contributed by atoms with van der Waals surface area (Å²) < 4.78 is 4.67. The molecule has 0 aliphatic rings. The monoisotopic (exact) mass is 228 g/mol. The highest BCUT2D eigenvalue weighted by atomic mass is 16.5. The summed E-state index contributed by atoms with van der Waals surface area (Å²) in [6.07, 6.45) is 4.83. The van der Waals surface area contributed by atoms with Crippen molar-refractivity contribution < 1.29 is 14.6 Å². The lowest BCUT2D eigenvalue weighted by Gasteiger charge is -2.14. The summed E-state index contributed by atoms with van der Waals surface area (Å²) in [5, 5.41) is 9.92. The summed E-state index contributed by atoms with van der Waals surface area (Å²) in [5.74, 6) is -0.187. The third-order valence-electron chi connectivity index (χ3n) is 2.37. The number of allylic oxidation sites excluding steroid dienone is 1. The maximum Gasteiger partial charge on any atom is 0.336 e. The predicted octanol–water partition coefficient (Wildman–Crippen LogP) is 2.68. The van der Waals surface area contributed by atoms with Crippen molar-refractivity contribution in [3.05, 3.63) is 11.6 Å². The minimum absolute atomic E-state index is 0.231. The molecule has 0 radical (unpaired) electrons. The van der Waals surface area contributed by atoms with Gasteiger partial charge in [-0.1, -0.05) is 46.1 Å². The van der Waals surface area contributed by atoms with E-state index >= 15 is 0 Å².